The molecule has 8 heteroatoms. The maximum Gasteiger partial charge on any atom is 0.416 e. The van der Waals surface area contributed by atoms with Crippen LogP contribution in [0.25, 0.3) is 0 Å². The Hall–Kier alpha value is -3.39. The lowest BCUT2D eigenvalue weighted by atomic mass is 10.0. The number of aromatic nitrogens is 1. The van der Waals surface area contributed by atoms with Crippen LogP contribution in [0.4, 0.5) is 18.0 Å². The molecule has 0 N–H and O–H groups in total. The van der Waals surface area contributed by atoms with E-state index in [1.165, 1.54) is 12.1 Å². The van der Waals surface area contributed by atoms with Crippen LogP contribution in [0.15, 0.2) is 66.9 Å². The summed E-state index contributed by atoms with van der Waals surface area (Å²) in [5.41, 5.74) is 3.31. The Morgan fingerprint density at radius 1 is 0.917 bits per heavy atom. The molecule has 4 rings (SSSR count). The van der Waals surface area contributed by atoms with Gasteiger partial charge in [0, 0.05) is 38.1 Å². The summed E-state index contributed by atoms with van der Waals surface area (Å²) in [6, 6.07) is 16.4. The molecule has 2 heterocycles. The summed E-state index contributed by atoms with van der Waals surface area (Å²) in [6.45, 7) is 5.86. The molecule has 0 atom stereocenters. The Balaban J connectivity index is 1.19. The highest BCUT2D eigenvalue weighted by atomic mass is 19.4. The van der Waals surface area contributed by atoms with Gasteiger partial charge >= 0.3 is 12.3 Å². The van der Waals surface area contributed by atoms with Crippen molar-refractivity contribution in [3.05, 3.63) is 94.8 Å². The molecule has 36 heavy (non-hydrogen) atoms. The number of carbonyl (C=O) groups is 1. The van der Waals surface area contributed by atoms with Crippen LogP contribution in [-0.2, 0) is 19.0 Å². The smallest absolute Gasteiger partial charge is 0.410 e. The number of hydrogen-bond donors (Lipinski definition) is 0. The molecule has 0 saturated carbocycles. The van der Waals surface area contributed by atoms with Gasteiger partial charge in [-0.2, -0.15) is 13.2 Å². The second-order valence-electron chi connectivity index (χ2n) is 9.14. The summed E-state index contributed by atoms with van der Waals surface area (Å²) in [6.07, 6.45) is -0.345. The molecule has 0 aliphatic carbocycles. The van der Waals surface area contributed by atoms with Gasteiger partial charge in [0.2, 0.25) is 0 Å². The monoisotopic (exact) mass is 497 g/mol. The van der Waals surface area contributed by atoms with Crippen molar-refractivity contribution in [1.82, 2.24) is 14.8 Å². The third kappa shape index (κ3) is 7.31. The van der Waals surface area contributed by atoms with Crippen molar-refractivity contribution in [3.63, 3.8) is 0 Å². The first-order valence-corrected chi connectivity index (χ1v) is 12.1. The minimum absolute atomic E-state index is 0.367. The zero-order chi connectivity index (χ0) is 25.5. The molecule has 190 valence electrons. The van der Waals surface area contributed by atoms with Crippen LogP contribution in [0.5, 0.6) is 5.75 Å². The van der Waals surface area contributed by atoms with Gasteiger partial charge in [-0.15, -0.1) is 0 Å². The Kier molecular flexibility index (Phi) is 8.25. The molecule has 1 amide bonds. The SMILES string of the molecule is Cc1ccc(CCCN2CCN(C(=O)Oc3ccc(Cc4ccc(C(F)(F)F)cc4)cc3)CC2)nc1. The fraction of sp³-hybridized carbons (Fsp3) is 0.357. The van der Waals surface area contributed by atoms with E-state index in [4.69, 9.17) is 4.74 Å². The molecule has 1 saturated heterocycles. The number of rotatable bonds is 7. The fourth-order valence-corrected chi connectivity index (χ4v) is 4.17. The Morgan fingerprint density at radius 3 is 2.14 bits per heavy atom. The number of nitrogens with zero attached hydrogens (tertiary/aromatic N) is 3. The van der Waals surface area contributed by atoms with Crippen molar-refractivity contribution in [1.29, 1.82) is 0 Å². The molecule has 0 unspecified atom stereocenters. The fourth-order valence-electron chi connectivity index (χ4n) is 4.17. The van der Waals surface area contributed by atoms with Crippen LogP contribution in [0.2, 0.25) is 0 Å². The van der Waals surface area contributed by atoms with E-state index in [-0.39, 0.29) is 6.09 Å². The molecule has 0 radical (unpaired) electrons. The van der Waals surface area contributed by atoms with Crippen molar-refractivity contribution in [3.8, 4) is 5.75 Å². The van der Waals surface area contributed by atoms with Crippen molar-refractivity contribution in [2.45, 2.75) is 32.4 Å². The minimum atomic E-state index is -4.34. The zero-order valence-corrected chi connectivity index (χ0v) is 20.3. The lowest BCUT2D eigenvalue weighted by Gasteiger charge is -2.34. The number of carbonyl (C=O) groups excluding carboxylic acids is 1. The van der Waals surface area contributed by atoms with E-state index in [0.29, 0.717) is 25.3 Å². The first-order valence-electron chi connectivity index (χ1n) is 12.1. The summed E-state index contributed by atoms with van der Waals surface area (Å²) in [7, 11) is 0. The maximum absolute atomic E-state index is 12.7. The summed E-state index contributed by atoms with van der Waals surface area (Å²) < 4.78 is 43.7. The van der Waals surface area contributed by atoms with Gasteiger partial charge in [-0.05, 0) is 79.8 Å². The van der Waals surface area contributed by atoms with E-state index in [1.54, 1.807) is 17.0 Å². The van der Waals surface area contributed by atoms with Gasteiger partial charge in [0.05, 0.1) is 5.56 Å². The number of pyridine rings is 1. The number of hydrogen-bond acceptors (Lipinski definition) is 4. The summed E-state index contributed by atoms with van der Waals surface area (Å²) in [5.74, 6) is 0.448. The quantitative estimate of drug-likeness (QED) is 0.417. The predicted octanol–water partition coefficient (Wildman–Crippen LogP) is 5.75. The maximum atomic E-state index is 12.7. The van der Waals surface area contributed by atoms with E-state index in [1.807, 2.05) is 25.3 Å². The summed E-state index contributed by atoms with van der Waals surface area (Å²) >= 11 is 0. The Labute approximate surface area is 209 Å². The highest BCUT2D eigenvalue weighted by Gasteiger charge is 2.30. The van der Waals surface area contributed by atoms with Crippen molar-refractivity contribution in [2.24, 2.45) is 0 Å². The second kappa shape index (κ2) is 11.6. The molecule has 3 aromatic rings. The van der Waals surface area contributed by atoms with E-state index in [0.717, 1.165) is 67.0 Å². The van der Waals surface area contributed by atoms with Gasteiger partial charge in [0.15, 0.2) is 0 Å². The van der Waals surface area contributed by atoms with Crippen molar-refractivity contribution in [2.75, 3.05) is 32.7 Å². The Bertz CT molecular complexity index is 1120. The number of aryl methyl sites for hydroxylation is 2. The van der Waals surface area contributed by atoms with E-state index in [9.17, 15) is 18.0 Å². The highest BCUT2D eigenvalue weighted by molar-refractivity contribution is 5.70. The van der Waals surface area contributed by atoms with Crippen molar-refractivity contribution < 1.29 is 22.7 Å². The molecular formula is C28H30F3N3O2. The standard InChI is InChI=1S/C28H30F3N3O2/c1-21-4-11-25(32-20-21)3-2-14-33-15-17-34(18-16-33)27(35)36-26-12-7-23(8-13-26)19-22-5-9-24(10-6-22)28(29,30)31/h4-13,20H,2-3,14-19H2,1H3. The lowest BCUT2D eigenvalue weighted by Crippen LogP contribution is -2.49. The Morgan fingerprint density at radius 2 is 1.56 bits per heavy atom. The van der Waals surface area contributed by atoms with Crippen LogP contribution in [0.1, 0.15) is 34.4 Å². The zero-order valence-electron chi connectivity index (χ0n) is 20.3. The van der Waals surface area contributed by atoms with Gasteiger partial charge in [-0.3, -0.25) is 9.88 Å². The van der Waals surface area contributed by atoms with Gasteiger partial charge in [0.1, 0.15) is 5.75 Å². The third-order valence-corrected chi connectivity index (χ3v) is 6.33. The largest absolute Gasteiger partial charge is 0.416 e. The number of benzene rings is 2. The molecular weight excluding hydrogens is 467 g/mol. The predicted molar refractivity (Wildman–Crippen MR) is 132 cm³/mol. The highest BCUT2D eigenvalue weighted by Crippen LogP contribution is 2.29. The first kappa shape index (κ1) is 25.7. The van der Waals surface area contributed by atoms with Gasteiger partial charge in [-0.25, -0.2) is 4.79 Å². The molecule has 0 spiro atoms. The number of halogens is 3. The average Bonchev–Trinajstić information content (AvgIpc) is 2.87. The van der Waals surface area contributed by atoms with E-state index in [2.05, 4.69) is 22.0 Å². The van der Waals surface area contributed by atoms with Crippen LogP contribution in [0, 0.1) is 6.92 Å². The first-order chi connectivity index (χ1) is 17.3. The van der Waals surface area contributed by atoms with Gasteiger partial charge in [-0.1, -0.05) is 30.3 Å². The molecule has 5 nitrogen and oxygen atoms in total. The van der Waals surface area contributed by atoms with Crippen molar-refractivity contribution >= 4 is 6.09 Å². The minimum Gasteiger partial charge on any atom is -0.410 e. The molecule has 1 aliphatic rings. The van der Waals surface area contributed by atoms with E-state index >= 15 is 0 Å². The summed E-state index contributed by atoms with van der Waals surface area (Å²) in [5, 5.41) is 0. The number of alkyl halides is 3. The molecule has 1 aliphatic heterocycles. The number of piperazine rings is 1. The van der Waals surface area contributed by atoms with Crippen LogP contribution < -0.4 is 4.74 Å². The van der Waals surface area contributed by atoms with Crippen LogP contribution in [-0.4, -0.2) is 53.6 Å². The molecule has 1 fully saturated rings. The number of amides is 1. The van der Waals surface area contributed by atoms with Gasteiger partial charge in [0.25, 0.3) is 0 Å². The van der Waals surface area contributed by atoms with Crippen LogP contribution >= 0.6 is 0 Å². The summed E-state index contributed by atoms with van der Waals surface area (Å²) in [4.78, 5) is 21.1. The number of ether oxygens (including phenoxy) is 1. The lowest BCUT2D eigenvalue weighted by molar-refractivity contribution is -0.137. The van der Waals surface area contributed by atoms with Gasteiger partial charge < -0.3 is 9.64 Å². The topological polar surface area (TPSA) is 45.7 Å². The molecule has 1 aromatic heterocycles. The molecule has 2 aromatic carbocycles. The normalized spacial score (nSPS) is 14.6. The average molecular weight is 498 g/mol. The van der Waals surface area contributed by atoms with E-state index < -0.39 is 11.7 Å². The molecule has 0 bridgehead atoms. The third-order valence-electron chi connectivity index (χ3n) is 6.33. The van der Waals surface area contributed by atoms with Crippen LogP contribution in [0.3, 0.4) is 0 Å². The second-order valence-corrected chi connectivity index (χ2v) is 9.14.